The third-order valence-electron chi connectivity index (χ3n) is 3.18. The molecule has 5 nitrogen and oxygen atoms in total. The normalized spacial score (nSPS) is 16.6. The number of imide groups is 1. The van der Waals surface area contributed by atoms with Crippen LogP contribution in [0.15, 0.2) is 24.3 Å². The first-order chi connectivity index (χ1) is 8.99. The summed E-state index contributed by atoms with van der Waals surface area (Å²) >= 11 is 0. The van der Waals surface area contributed by atoms with E-state index < -0.39 is 6.04 Å². The number of amides is 3. The standard InChI is InChI=1S/C14H16N2O3/c1-9-3-5-11(6-4-9)15-14(19)10(2)16-12(17)7-8-13(16)18/h3-6,10H,7-8H2,1-2H3,(H,15,19)/t10-/m0/s1. The lowest BCUT2D eigenvalue weighted by Crippen LogP contribution is -2.44. The molecule has 0 aliphatic carbocycles. The van der Waals surface area contributed by atoms with Crippen LogP contribution in [0.2, 0.25) is 0 Å². The average Bonchev–Trinajstić information content (AvgIpc) is 2.71. The summed E-state index contributed by atoms with van der Waals surface area (Å²) in [4.78, 5) is 36.2. The second-order valence-electron chi connectivity index (χ2n) is 4.69. The Hall–Kier alpha value is -2.17. The van der Waals surface area contributed by atoms with Gasteiger partial charge in [-0.3, -0.25) is 19.3 Å². The van der Waals surface area contributed by atoms with E-state index in [1.165, 1.54) is 0 Å². The van der Waals surface area contributed by atoms with Gasteiger partial charge in [0.15, 0.2) is 0 Å². The maximum absolute atomic E-state index is 12.0. The molecule has 0 spiro atoms. The Kier molecular flexibility index (Phi) is 3.64. The number of aryl methyl sites for hydroxylation is 1. The Labute approximate surface area is 111 Å². The van der Waals surface area contributed by atoms with Crippen LogP contribution in [0.25, 0.3) is 0 Å². The first-order valence-corrected chi connectivity index (χ1v) is 6.21. The molecular weight excluding hydrogens is 244 g/mol. The summed E-state index contributed by atoms with van der Waals surface area (Å²) in [5.74, 6) is -0.916. The van der Waals surface area contributed by atoms with Crippen molar-refractivity contribution in [2.24, 2.45) is 0 Å². The molecule has 2 rings (SSSR count). The topological polar surface area (TPSA) is 66.5 Å². The summed E-state index contributed by atoms with van der Waals surface area (Å²) in [6.07, 6.45) is 0.391. The summed E-state index contributed by atoms with van der Waals surface area (Å²) < 4.78 is 0. The summed E-state index contributed by atoms with van der Waals surface area (Å²) in [6, 6.07) is 6.56. The highest BCUT2D eigenvalue weighted by Gasteiger charge is 2.36. The number of likely N-dealkylation sites (tertiary alicyclic amines) is 1. The number of anilines is 1. The van der Waals surface area contributed by atoms with Crippen LogP contribution in [0.5, 0.6) is 0 Å². The molecule has 1 atom stereocenters. The molecule has 3 amide bonds. The van der Waals surface area contributed by atoms with E-state index in [4.69, 9.17) is 0 Å². The minimum absolute atomic E-state index is 0.195. The fourth-order valence-corrected chi connectivity index (χ4v) is 2.03. The molecule has 0 bridgehead atoms. The Morgan fingerprint density at radius 1 is 1.16 bits per heavy atom. The number of rotatable bonds is 3. The van der Waals surface area contributed by atoms with Crippen molar-refractivity contribution < 1.29 is 14.4 Å². The molecule has 19 heavy (non-hydrogen) atoms. The molecule has 1 aliphatic rings. The van der Waals surface area contributed by atoms with Crippen LogP contribution in [0.1, 0.15) is 25.3 Å². The van der Waals surface area contributed by atoms with Crippen LogP contribution in [0.3, 0.4) is 0 Å². The van der Waals surface area contributed by atoms with Crippen LogP contribution in [0.4, 0.5) is 5.69 Å². The van der Waals surface area contributed by atoms with E-state index >= 15 is 0 Å². The van der Waals surface area contributed by atoms with Crippen LogP contribution in [0, 0.1) is 6.92 Å². The van der Waals surface area contributed by atoms with Gasteiger partial charge in [0.2, 0.25) is 17.7 Å². The number of hydrogen-bond donors (Lipinski definition) is 1. The van der Waals surface area contributed by atoms with Crippen LogP contribution < -0.4 is 5.32 Å². The van der Waals surface area contributed by atoms with Crippen molar-refractivity contribution in [2.45, 2.75) is 32.7 Å². The van der Waals surface area contributed by atoms with Crippen LogP contribution in [-0.2, 0) is 14.4 Å². The van der Waals surface area contributed by atoms with Crippen molar-refractivity contribution in [3.05, 3.63) is 29.8 Å². The minimum Gasteiger partial charge on any atom is -0.324 e. The van der Waals surface area contributed by atoms with Gasteiger partial charge in [0.25, 0.3) is 0 Å². The smallest absolute Gasteiger partial charge is 0.247 e. The largest absolute Gasteiger partial charge is 0.324 e. The molecule has 5 heteroatoms. The number of nitrogens with one attached hydrogen (secondary N) is 1. The number of nitrogens with zero attached hydrogens (tertiary/aromatic N) is 1. The average molecular weight is 260 g/mol. The van der Waals surface area contributed by atoms with E-state index in [-0.39, 0.29) is 30.6 Å². The summed E-state index contributed by atoms with van der Waals surface area (Å²) in [6.45, 7) is 3.51. The van der Waals surface area contributed by atoms with E-state index in [1.807, 2.05) is 19.1 Å². The zero-order valence-electron chi connectivity index (χ0n) is 11.0. The Morgan fingerprint density at radius 2 is 1.68 bits per heavy atom. The molecular formula is C14H16N2O3. The molecule has 0 radical (unpaired) electrons. The van der Waals surface area contributed by atoms with Crippen LogP contribution in [-0.4, -0.2) is 28.7 Å². The van der Waals surface area contributed by atoms with Gasteiger partial charge >= 0.3 is 0 Å². The number of benzene rings is 1. The number of carbonyl (C=O) groups is 3. The SMILES string of the molecule is Cc1ccc(NC(=O)[C@H](C)N2C(=O)CCC2=O)cc1. The molecule has 100 valence electrons. The van der Waals surface area contributed by atoms with Crippen LogP contribution >= 0.6 is 0 Å². The predicted octanol–water partition coefficient (Wildman–Crippen LogP) is 1.47. The second-order valence-corrected chi connectivity index (χ2v) is 4.69. The zero-order chi connectivity index (χ0) is 14.0. The predicted molar refractivity (Wildman–Crippen MR) is 70.4 cm³/mol. The fourth-order valence-electron chi connectivity index (χ4n) is 2.03. The Bertz CT molecular complexity index is 506. The second kappa shape index (κ2) is 5.22. The number of hydrogen-bond acceptors (Lipinski definition) is 3. The Balaban J connectivity index is 2.05. The summed E-state index contributed by atoms with van der Waals surface area (Å²) in [5, 5.41) is 2.70. The van der Waals surface area contributed by atoms with Gasteiger partial charge < -0.3 is 5.32 Å². The van der Waals surface area contributed by atoms with E-state index in [2.05, 4.69) is 5.32 Å². The van der Waals surface area contributed by atoms with E-state index in [1.54, 1.807) is 19.1 Å². The first kappa shape index (κ1) is 13.3. The third kappa shape index (κ3) is 2.81. The van der Waals surface area contributed by atoms with Crippen molar-refractivity contribution in [1.82, 2.24) is 4.90 Å². The number of carbonyl (C=O) groups excluding carboxylic acids is 3. The van der Waals surface area contributed by atoms with Gasteiger partial charge in [-0.2, -0.15) is 0 Å². The van der Waals surface area contributed by atoms with Crippen molar-refractivity contribution in [3.8, 4) is 0 Å². The van der Waals surface area contributed by atoms with Gasteiger partial charge in [-0.15, -0.1) is 0 Å². The lowest BCUT2D eigenvalue weighted by atomic mass is 10.2. The van der Waals surface area contributed by atoms with Gasteiger partial charge in [0, 0.05) is 18.5 Å². The van der Waals surface area contributed by atoms with Crippen molar-refractivity contribution in [1.29, 1.82) is 0 Å². The maximum Gasteiger partial charge on any atom is 0.247 e. The molecule has 1 aliphatic heterocycles. The van der Waals surface area contributed by atoms with Crippen molar-refractivity contribution >= 4 is 23.4 Å². The minimum atomic E-state index is -0.774. The molecule has 1 aromatic carbocycles. The molecule has 1 fully saturated rings. The van der Waals surface area contributed by atoms with E-state index in [0.717, 1.165) is 10.5 Å². The monoisotopic (exact) mass is 260 g/mol. The third-order valence-corrected chi connectivity index (χ3v) is 3.18. The van der Waals surface area contributed by atoms with Gasteiger partial charge in [-0.05, 0) is 26.0 Å². The van der Waals surface area contributed by atoms with Gasteiger partial charge in [0.1, 0.15) is 6.04 Å². The van der Waals surface area contributed by atoms with E-state index in [0.29, 0.717) is 5.69 Å². The Morgan fingerprint density at radius 3 is 2.21 bits per heavy atom. The van der Waals surface area contributed by atoms with Gasteiger partial charge in [-0.25, -0.2) is 0 Å². The summed E-state index contributed by atoms with van der Waals surface area (Å²) in [7, 11) is 0. The molecule has 0 unspecified atom stereocenters. The van der Waals surface area contributed by atoms with Gasteiger partial charge in [0.05, 0.1) is 0 Å². The lowest BCUT2D eigenvalue weighted by Gasteiger charge is -2.21. The lowest BCUT2D eigenvalue weighted by molar-refractivity contribution is -0.144. The van der Waals surface area contributed by atoms with E-state index in [9.17, 15) is 14.4 Å². The molecule has 1 saturated heterocycles. The van der Waals surface area contributed by atoms with Crippen molar-refractivity contribution in [3.63, 3.8) is 0 Å². The quantitative estimate of drug-likeness (QED) is 0.837. The molecule has 1 aromatic rings. The highest BCUT2D eigenvalue weighted by Crippen LogP contribution is 2.17. The summed E-state index contributed by atoms with van der Waals surface area (Å²) in [5.41, 5.74) is 1.75. The fraction of sp³-hybridized carbons (Fsp3) is 0.357. The first-order valence-electron chi connectivity index (χ1n) is 6.21. The highest BCUT2D eigenvalue weighted by atomic mass is 16.2. The highest BCUT2D eigenvalue weighted by molar-refractivity contribution is 6.07. The zero-order valence-corrected chi connectivity index (χ0v) is 11.0. The molecule has 1 heterocycles. The molecule has 1 N–H and O–H groups in total. The molecule has 0 aromatic heterocycles. The maximum atomic E-state index is 12.0. The van der Waals surface area contributed by atoms with Crippen molar-refractivity contribution in [2.75, 3.05) is 5.32 Å². The van der Waals surface area contributed by atoms with Gasteiger partial charge in [-0.1, -0.05) is 17.7 Å². The molecule has 0 saturated carbocycles.